The predicted molar refractivity (Wildman–Crippen MR) is 141 cm³/mol. The van der Waals surface area contributed by atoms with Gasteiger partial charge in [0.25, 0.3) is 0 Å². The zero-order valence-electron chi connectivity index (χ0n) is 22.5. The van der Waals surface area contributed by atoms with Crippen LogP contribution in [0, 0.1) is 34.9 Å². The fourth-order valence-electron chi connectivity index (χ4n) is 5.60. The highest BCUT2D eigenvalue weighted by Gasteiger charge is 2.48. The molecule has 0 N–H and O–H groups in total. The summed E-state index contributed by atoms with van der Waals surface area (Å²) in [7, 11) is -5.34. The van der Waals surface area contributed by atoms with Gasteiger partial charge < -0.3 is 4.90 Å². The Balaban J connectivity index is 1.48. The Morgan fingerprint density at radius 1 is 0.857 bits per heavy atom. The lowest BCUT2D eigenvalue weighted by Crippen LogP contribution is -2.59. The lowest BCUT2D eigenvalue weighted by atomic mass is 9.85. The second-order valence-corrected chi connectivity index (χ2v) is 12.4. The molecular weight excluding hydrogens is 584 g/mol. The summed E-state index contributed by atoms with van der Waals surface area (Å²) >= 11 is 0. The zero-order valence-corrected chi connectivity index (χ0v) is 23.3. The highest BCUT2D eigenvalue weighted by molar-refractivity contribution is 7.89. The van der Waals surface area contributed by atoms with Gasteiger partial charge in [-0.25, -0.2) is 34.8 Å². The Kier molecular flexibility index (Phi) is 8.35. The van der Waals surface area contributed by atoms with E-state index in [2.05, 4.69) is 4.98 Å². The lowest BCUT2D eigenvalue weighted by Gasteiger charge is -2.42. The summed E-state index contributed by atoms with van der Waals surface area (Å²) in [5.41, 5.74) is 1.69. The van der Waals surface area contributed by atoms with E-state index >= 15 is 0 Å². The molecule has 224 valence electrons. The Hall–Kier alpha value is -3.45. The fourth-order valence-corrected chi connectivity index (χ4v) is 7.35. The second-order valence-electron chi connectivity index (χ2n) is 10.5. The topological polar surface area (TPSA) is 70.6 Å². The number of pyridine rings is 1. The van der Waals surface area contributed by atoms with E-state index in [1.807, 2.05) is 6.07 Å². The van der Waals surface area contributed by atoms with Gasteiger partial charge >= 0.3 is 0 Å². The highest BCUT2D eigenvalue weighted by Crippen LogP contribution is 2.37. The van der Waals surface area contributed by atoms with Crippen LogP contribution in [-0.4, -0.2) is 36.2 Å². The minimum Gasteiger partial charge on any atom is -0.302 e. The maximum atomic E-state index is 14.5. The quantitative estimate of drug-likeness (QED) is 0.173. The first-order valence-electron chi connectivity index (χ1n) is 13.5. The minimum atomic E-state index is -5.34. The lowest BCUT2D eigenvalue weighted by molar-refractivity contribution is -0.125. The van der Waals surface area contributed by atoms with Crippen LogP contribution in [0.4, 0.5) is 32.0 Å². The van der Waals surface area contributed by atoms with Crippen LogP contribution in [0.25, 0.3) is 0 Å². The second kappa shape index (κ2) is 11.7. The molecule has 2 aromatic carbocycles. The number of nitrogens with zero attached hydrogens (tertiary/aromatic N) is 3. The summed E-state index contributed by atoms with van der Waals surface area (Å²) < 4.78 is 111. The SMILES string of the molecule is CC(c1ccc(C2CCCCC2)cn1)N(C(=O)C1CCN1S(=O)(=O)c1c(F)c(F)c(F)c(F)c1F)c1ccc(F)cc1. The van der Waals surface area contributed by atoms with Gasteiger partial charge in [0.1, 0.15) is 11.9 Å². The fraction of sp³-hybridized carbons (Fsp3) is 0.379. The van der Waals surface area contributed by atoms with Crippen molar-refractivity contribution in [1.29, 1.82) is 0 Å². The van der Waals surface area contributed by atoms with Crippen LogP contribution in [0.5, 0.6) is 0 Å². The molecule has 1 saturated carbocycles. The molecule has 2 unspecified atom stereocenters. The molecule has 2 heterocycles. The van der Waals surface area contributed by atoms with E-state index in [1.165, 1.54) is 23.5 Å². The Morgan fingerprint density at radius 3 is 1.98 bits per heavy atom. The molecule has 1 aliphatic carbocycles. The molecule has 1 aromatic heterocycles. The van der Waals surface area contributed by atoms with Gasteiger partial charge in [0, 0.05) is 18.4 Å². The number of carbonyl (C=O) groups is 1. The van der Waals surface area contributed by atoms with Crippen molar-refractivity contribution in [2.24, 2.45) is 0 Å². The van der Waals surface area contributed by atoms with Crippen LogP contribution >= 0.6 is 0 Å². The van der Waals surface area contributed by atoms with Crippen molar-refractivity contribution in [1.82, 2.24) is 9.29 Å². The summed E-state index contributed by atoms with van der Waals surface area (Å²) in [6.07, 6.45) is 7.18. The number of anilines is 1. The van der Waals surface area contributed by atoms with Crippen LogP contribution in [0.15, 0.2) is 47.5 Å². The first-order valence-corrected chi connectivity index (χ1v) is 14.9. The molecule has 1 amide bonds. The number of halogens is 6. The molecule has 42 heavy (non-hydrogen) atoms. The summed E-state index contributed by atoms with van der Waals surface area (Å²) in [6, 6.07) is 6.16. The highest BCUT2D eigenvalue weighted by atomic mass is 32.2. The number of aromatic nitrogens is 1. The molecule has 3 aromatic rings. The van der Waals surface area contributed by atoms with Gasteiger partial charge in [0.05, 0.1) is 11.7 Å². The molecule has 0 spiro atoms. The summed E-state index contributed by atoms with van der Waals surface area (Å²) in [5, 5.41) is 0. The third-order valence-electron chi connectivity index (χ3n) is 8.04. The molecule has 2 atom stereocenters. The average molecular weight is 612 g/mol. The number of carbonyl (C=O) groups excluding carboxylic acids is 1. The summed E-state index contributed by atoms with van der Waals surface area (Å²) in [6.45, 7) is 1.23. The van der Waals surface area contributed by atoms with Crippen molar-refractivity contribution >= 4 is 21.6 Å². The van der Waals surface area contributed by atoms with Crippen LogP contribution in [-0.2, 0) is 14.8 Å². The van der Waals surface area contributed by atoms with Crippen molar-refractivity contribution in [2.75, 3.05) is 11.4 Å². The Morgan fingerprint density at radius 2 is 1.45 bits per heavy atom. The third-order valence-corrected chi connectivity index (χ3v) is 9.96. The standard InChI is InChI=1S/C29H27F6N3O3S/c1-16(21-12-7-18(15-36-21)17-5-3-2-4-6-17)38(20-10-8-19(30)9-11-20)29(39)22-13-14-37(22)42(40,41)28-26(34)24(32)23(31)25(33)27(28)35/h7-12,15-17,22H,2-6,13-14H2,1H3. The number of amides is 1. The van der Waals surface area contributed by atoms with Crippen LogP contribution in [0.1, 0.15) is 68.7 Å². The number of benzene rings is 2. The van der Waals surface area contributed by atoms with Crippen LogP contribution < -0.4 is 4.90 Å². The van der Waals surface area contributed by atoms with Gasteiger partial charge in [0.15, 0.2) is 28.2 Å². The molecule has 2 fully saturated rings. The molecule has 0 bridgehead atoms. The first kappa shape index (κ1) is 30.0. The Bertz CT molecular complexity index is 1570. The Labute approximate surface area is 239 Å². The third kappa shape index (κ3) is 5.28. The molecule has 6 nitrogen and oxygen atoms in total. The first-order chi connectivity index (χ1) is 19.9. The number of hydrogen-bond donors (Lipinski definition) is 0. The van der Waals surface area contributed by atoms with Crippen molar-refractivity contribution < 1.29 is 39.6 Å². The smallest absolute Gasteiger partial charge is 0.249 e. The van der Waals surface area contributed by atoms with Crippen molar-refractivity contribution in [3.63, 3.8) is 0 Å². The predicted octanol–water partition coefficient (Wildman–Crippen LogP) is 6.52. The number of hydrogen-bond acceptors (Lipinski definition) is 4. The molecule has 13 heteroatoms. The molecule has 1 aliphatic heterocycles. The maximum absolute atomic E-state index is 14.5. The molecule has 0 radical (unpaired) electrons. The van der Waals surface area contributed by atoms with E-state index in [1.54, 1.807) is 19.2 Å². The van der Waals surface area contributed by atoms with Crippen LogP contribution in [0.3, 0.4) is 0 Å². The largest absolute Gasteiger partial charge is 0.302 e. The monoisotopic (exact) mass is 611 g/mol. The van der Waals surface area contributed by atoms with Crippen molar-refractivity contribution in [2.45, 2.75) is 68.3 Å². The van der Waals surface area contributed by atoms with Crippen LogP contribution in [0.2, 0.25) is 0 Å². The summed E-state index contributed by atoms with van der Waals surface area (Å²) in [5.74, 6) is -13.4. The van der Waals surface area contributed by atoms with Gasteiger partial charge in [-0.2, -0.15) is 4.31 Å². The van der Waals surface area contributed by atoms with E-state index in [9.17, 15) is 39.6 Å². The van der Waals surface area contributed by atoms with E-state index < -0.39 is 74.4 Å². The van der Waals surface area contributed by atoms with E-state index in [0.29, 0.717) is 15.9 Å². The van der Waals surface area contributed by atoms with Gasteiger partial charge in [0.2, 0.25) is 21.7 Å². The normalized spacial score (nSPS) is 18.9. The van der Waals surface area contributed by atoms with Crippen molar-refractivity contribution in [3.8, 4) is 0 Å². The van der Waals surface area contributed by atoms with Crippen molar-refractivity contribution in [3.05, 3.63) is 88.8 Å². The maximum Gasteiger partial charge on any atom is 0.249 e. The van der Waals surface area contributed by atoms with E-state index in [0.717, 1.165) is 43.4 Å². The van der Waals surface area contributed by atoms with Gasteiger partial charge in [-0.1, -0.05) is 25.3 Å². The average Bonchev–Trinajstić information content (AvgIpc) is 2.96. The summed E-state index contributed by atoms with van der Waals surface area (Å²) in [4.78, 5) is 17.6. The van der Waals surface area contributed by atoms with E-state index in [4.69, 9.17) is 0 Å². The van der Waals surface area contributed by atoms with Gasteiger partial charge in [-0.05, 0) is 68.0 Å². The molecule has 1 saturated heterocycles. The van der Waals surface area contributed by atoms with Gasteiger partial charge in [-0.3, -0.25) is 9.78 Å². The molecule has 2 aliphatic rings. The number of rotatable bonds is 7. The zero-order chi connectivity index (χ0) is 30.3. The molecular formula is C29H27F6N3O3S. The van der Waals surface area contributed by atoms with Gasteiger partial charge in [-0.15, -0.1) is 0 Å². The number of sulfonamides is 1. The minimum absolute atomic E-state index is 0.0913. The molecule has 5 rings (SSSR count). The van der Waals surface area contributed by atoms with E-state index in [-0.39, 0.29) is 12.1 Å².